The zero-order chi connectivity index (χ0) is 17.1. The van der Waals surface area contributed by atoms with Crippen molar-refractivity contribution >= 4 is 35.1 Å². The van der Waals surface area contributed by atoms with Crippen LogP contribution in [-0.4, -0.2) is 30.3 Å². The molecule has 1 unspecified atom stereocenters. The van der Waals surface area contributed by atoms with Crippen LogP contribution < -0.4 is 10.1 Å². The Labute approximate surface area is 151 Å². The monoisotopic (exact) mass is 362 g/mol. The number of carbonyl (C=O) groups is 1. The van der Waals surface area contributed by atoms with Crippen molar-refractivity contribution in [3.8, 4) is 5.75 Å². The lowest BCUT2D eigenvalue weighted by Crippen LogP contribution is -2.34. The van der Waals surface area contributed by atoms with E-state index in [2.05, 4.69) is 5.32 Å². The van der Waals surface area contributed by atoms with Gasteiger partial charge in [0.25, 0.3) is 0 Å². The summed E-state index contributed by atoms with van der Waals surface area (Å²) in [6.45, 7) is 2.65. The molecule has 4 nitrogen and oxygen atoms in total. The minimum atomic E-state index is -0.110. The smallest absolute Gasteiger partial charge is 0.323 e. The second-order valence-corrected chi connectivity index (χ2v) is 7.18. The molecule has 0 spiro atoms. The number of hydrogen-bond donors (Lipinski definition) is 1. The van der Waals surface area contributed by atoms with Crippen molar-refractivity contribution < 1.29 is 9.53 Å². The van der Waals surface area contributed by atoms with Crippen molar-refractivity contribution in [2.45, 2.75) is 12.3 Å². The van der Waals surface area contributed by atoms with Crippen molar-refractivity contribution in [1.29, 1.82) is 0 Å². The van der Waals surface area contributed by atoms with E-state index in [1.54, 1.807) is 24.9 Å². The topological polar surface area (TPSA) is 41.6 Å². The van der Waals surface area contributed by atoms with E-state index in [9.17, 15) is 4.79 Å². The molecule has 126 valence electrons. The summed E-state index contributed by atoms with van der Waals surface area (Å²) in [6.07, 6.45) is 0. The Kier molecular flexibility index (Phi) is 5.21. The minimum Gasteiger partial charge on any atom is -0.497 e. The Morgan fingerprint density at radius 1 is 1.29 bits per heavy atom. The van der Waals surface area contributed by atoms with E-state index in [0.29, 0.717) is 17.3 Å². The third kappa shape index (κ3) is 3.62. The highest BCUT2D eigenvalue weighted by atomic mass is 35.5. The van der Waals surface area contributed by atoms with Crippen LogP contribution in [0.4, 0.5) is 10.5 Å². The molecule has 1 N–H and O–H groups in total. The number of carbonyl (C=O) groups excluding carboxylic acids is 1. The number of amides is 2. The molecule has 1 heterocycles. The number of methoxy groups -OCH3 is 1. The van der Waals surface area contributed by atoms with Crippen LogP contribution in [0.2, 0.25) is 5.02 Å². The summed E-state index contributed by atoms with van der Waals surface area (Å²) < 4.78 is 5.19. The van der Waals surface area contributed by atoms with E-state index >= 15 is 0 Å². The van der Waals surface area contributed by atoms with E-state index in [0.717, 1.165) is 22.6 Å². The highest BCUT2D eigenvalue weighted by Crippen LogP contribution is 2.38. The van der Waals surface area contributed by atoms with Crippen molar-refractivity contribution in [3.63, 3.8) is 0 Å². The number of benzene rings is 2. The summed E-state index contributed by atoms with van der Waals surface area (Å²) in [6, 6.07) is 13.3. The van der Waals surface area contributed by atoms with Crippen LogP contribution in [0.25, 0.3) is 0 Å². The average molecular weight is 363 g/mol. The fourth-order valence-corrected chi connectivity index (χ4v) is 4.03. The normalized spacial score (nSPS) is 17.0. The molecule has 3 rings (SSSR count). The Morgan fingerprint density at radius 2 is 2.04 bits per heavy atom. The number of ether oxygens (including phenoxy) is 1. The van der Waals surface area contributed by atoms with Crippen molar-refractivity contribution in [3.05, 3.63) is 58.6 Å². The maximum absolute atomic E-state index is 12.7. The highest BCUT2D eigenvalue weighted by molar-refractivity contribution is 7.99. The summed E-state index contributed by atoms with van der Waals surface area (Å²) in [5.74, 6) is 1.73. The van der Waals surface area contributed by atoms with Gasteiger partial charge in [0, 0.05) is 23.0 Å². The largest absolute Gasteiger partial charge is 0.497 e. The van der Waals surface area contributed by atoms with Gasteiger partial charge in [0.05, 0.1) is 7.11 Å². The molecule has 1 aliphatic heterocycles. The molecular formula is C18H19ClN2O2S. The van der Waals surface area contributed by atoms with Crippen LogP contribution in [-0.2, 0) is 0 Å². The van der Waals surface area contributed by atoms with E-state index in [-0.39, 0.29) is 11.4 Å². The van der Waals surface area contributed by atoms with Gasteiger partial charge in [-0.15, -0.1) is 11.8 Å². The van der Waals surface area contributed by atoms with Gasteiger partial charge in [0.2, 0.25) is 0 Å². The Morgan fingerprint density at radius 3 is 2.71 bits per heavy atom. The fraction of sp³-hybridized carbons (Fsp3) is 0.278. The lowest BCUT2D eigenvalue weighted by atomic mass is 10.2. The summed E-state index contributed by atoms with van der Waals surface area (Å²) in [5.41, 5.74) is 2.79. The molecule has 1 atom stereocenters. The number of nitrogens with zero attached hydrogens (tertiary/aromatic N) is 1. The van der Waals surface area contributed by atoms with Crippen LogP contribution in [0.3, 0.4) is 0 Å². The third-order valence-electron chi connectivity index (χ3n) is 3.98. The van der Waals surface area contributed by atoms with Gasteiger partial charge in [-0.2, -0.15) is 0 Å². The quantitative estimate of drug-likeness (QED) is 0.841. The third-order valence-corrected chi connectivity index (χ3v) is 5.64. The lowest BCUT2D eigenvalue weighted by Gasteiger charge is -2.24. The maximum atomic E-state index is 12.7. The number of urea groups is 1. The number of anilines is 1. The van der Waals surface area contributed by atoms with Gasteiger partial charge in [0.15, 0.2) is 0 Å². The number of halogens is 1. The minimum absolute atomic E-state index is 0.0110. The summed E-state index contributed by atoms with van der Waals surface area (Å²) in [5, 5.41) is 3.60. The van der Waals surface area contributed by atoms with Gasteiger partial charge < -0.3 is 15.0 Å². The summed E-state index contributed by atoms with van der Waals surface area (Å²) in [7, 11) is 1.64. The van der Waals surface area contributed by atoms with Gasteiger partial charge in [-0.05, 0) is 42.3 Å². The standard InChI is InChI=1S/C18H19ClN2O2S/c1-12-3-6-14(11-16(12)19)20-18(22)21-9-10-24-17(21)13-4-7-15(23-2)8-5-13/h3-8,11,17H,9-10H2,1-2H3,(H,20,22). The second kappa shape index (κ2) is 7.36. The molecule has 0 bridgehead atoms. The summed E-state index contributed by atoms with van der Waals surface area (Å²) in [4.78, 5) is 14.5. The van der Waals surface area contributed by atoms with Gasteiger partial charge in [-0.25, -0.2) is 4.79 Å². The van der Waals surface area contributed by atoms with Crippen molar-refractivity contribution in [2.24, 2.45) is 0 Å². The first-order chi connectivity index (χ1) is 11.6. The SMILES string of the molecule is COc1ccc(C2SCCN2C(=O)Nc2ccc(C)c(Cl)c2)cc1. The first-order valence-electron chi connectivity index (χ1n) is 7.68. The van der Waals surface area contributed by atoms with Crippen molar-refractivity contribution in [1.82, 2.24) is 4.90 Å². The summed E-state index contributed by atoms with van der Waals surface area (Å²) >= 11 is 7.89. The number of hydrogen-bond acceptors (Lipinski definition) is 3. The Balaban J connectivity index is 1.74. The molecule has 1 fully saturated rings. The average Bonchev–Trinajstić information content (AvgIpc) is 3.08. The molecule has 0 aromatic heterocycles. The highest BCUT2D eigenvalue weighted by Gasteiger charge is 2.30. The number of rotatable bonds is 3. The van der Waals surface area contributed by atoms with E-state index in [1.165, 1.54) is 0 Å². The molecule has 0 aliphatic carbocycles. The molecule has 2 aromatic rings. The fourth-order valence-electron chi connectivity index (χ4n) is 2.59. The molecule has 0 saturated carbocycles. The van der Waals surface area contributed by atoms with Crippen LogP contribution in [0.1, 0.15) is 16.5 Å². The molecule has 1 aliphatic rings. The maximum Gasteiger partial charge on any atom is 0.323 e. The van der Waals surface area contributed by atoms with Crippen LogP contribution >= 0.6 is 23.4 Å². The van der Waals surface area contributed by atoms with Gasteiger partial charge >= 0.3 is 6.03 Å². The molecule has 24 heavy (non-hydrogen) atoms. The first-order valence-corrected chi connectivity index (χ1v) is 9.10. The molecular weight excluding hydrogens is 344 g/mol. The zero-order valence-electron chi connectivity index (χ0n) is 13.6. The van der Waals surface area contributed by atoms with Gasteiger partial charge in [-0.3, -0.25) is 0 Å². The molecule has 2 aromatic carbocycles. The zero-order valence-corrected chi connectivity index (χ0v) is 15.2. The Bertz CT molecular complexity index is 736. The molecule has 2 amide bonds. The second-order valence-electron chi connectivity index (χ2n) is 5.58. The van der Waals surface area contributed by atoms with E-state index in [1.807, 2.05) is 48.2 Å². The van der Waals surface area contributed by atoms with E-state index in [4.69, 9.17) is 16.3 Å². The lowest BCUT2D eigenvalue weighted by molar-refractivity contribution is 0.214. The first kappa shape index (κ1) is 17.0. The molecule has 6 heteroatoms. The van der Waals surface area contributed by atoms with Crippen LogP contribution in [0.15, 0.2) is 42.5 Å². The van der Waals surface area contributed by atoms with Crippen LogP contribution in [0.5, 0.6) is 5.75 Å². The predicted octanol–water partition coefficient (Wildman–Crippen LogP) is 4.94. The number of nitrogens with one attached hydrogen (secondary N) is 1. The predicted molar refractivity (Wildman–Crippen MR) is 100 cm³/mol. The van der Waals surface area contributed by atoms with Gasteiger partial charge in [0.1, 0.15) is 11.1 Å². The number of thioether (sulfide) groups is 1. The van der Waals surface area contributed by atoms with Crippen molar-refractivity contribution in [2.75, 3.05) is 24.7 Å². The van der Waals surface area contributed by atoms with Gasteiger partial charge in [-0.1, -0.05) is 29.8 Å². The van der Waals surface area contributed by atoms with E-state index < -0.39 is 0 Å². The molecule has 1 saturated heterocycles. The number of aryl methyl sites for hydroxylation is 1. The Hall–Kier alpha value is -1.85. The van der Waals surface area contributed by atoms with Crippen LogP contribution in [0, 0.1) is 6.92 Å². The molecule has 0 radical (unpaired) electrons.